The van der Waals surface area contributed by atoms with Crippen molar-refractivity contribution in [3.05, 3.63) is 0 Å². The molecule has 0 radical (unpaired) electrons. The number of rotatable bonds is 4. The standard InChI is InChI=1S/C12H17N3O6/c1-3-14-9(17)10(18)15(12(14)20)6-13-5-7(16)4-8(13)11(19)21-2/h7-8,16H,3-6H2,1-2H3/p+1/t7-,8+/m1/s1. The zero-order valence-electron chi connectivity index (χ0n) is 11.9. The predicted molar refractivity (Wildman–Crippen MR) is 66.8 cm³/mol. The van der Waals surface area contributed by atoms with Crippen LogP contribution in [0.2, 0.25) is 0 Å². The average molecular weight is 300 g/mol. The van der Waals surface area contributed by atoms with Gasteiger partial charge in [-0.1, -0.05) is 0 Å². The van der Waals surface area contributed by atoms with Gasteiger partial charge in [0.2, 0.25) is 0 Å². The summed E-state index contributed by atoms with van der Waals surface area (Å²) in [5.74, 6) is -2.28. The van der Waals surface area contributed by atoms with Crippen LogP contribution in [0.4, 0.5) is 4.79 Å². The van der Waals surface area contributed by atoms with Gasteiger partial charge in [0, 0.05) is 13.0 Å². The van der Waals surface area contributed by atoms with Crippen LogP contribution < -0.4 is 4.90 Å². The van der Waals surface area contributed by atoms with Crippen LogP contribution in [0.15, 0.2) is 0 Å². The Balaban J connectivity index is 2.13. The maximum Gasteiger partial charge on any atom is 0.364 e. The van der Waals surface area contributed by atoms with Crippen LogP contribution in [0.5, 0.6) is 0 Å². The number of amides is 4. The number of carbonyl (C=O) groups is 4. The summed E-state index contributed by atoms with van der Waals surface area (Å²) in [5.41, 5.74) is 0. The molecule has 2 rings (SSSR count). The van der Waals surface area contributed by atoms with E-state index in [1.54, 1.807) is 6.92 Å². The van der Waals surface area contributed by atoms with E-state index in [0.29, 0.717) is 4.90 Å². The molecule has 4 amide bonds. The SMILES string of the molecule is CCN1C(=O)C(=O)N(C[NH+]2C[C@H](O)C[C@H]2C(=O)OC)C1=O. The predicted octanol–water partition coefficient (Wildman–Crippen LogP) is -3.05. The first-order valence-electron chi connectivity index (χ1n) is 6.68. The quantitative estimate of drug-likeness (QED) is 0.324. The Bertz CT molecular complexity index is 493. The molecule has 0 aliphatic carbocycles. The van der Waals surface area contributed by atoms with Crippen molar-refractivity contribution in [1.29, 1.82) is 0 Å². The first kappa shape index (κ1) is 15.4. The first-order valence-corrected chi connectivity index (χ1v) is 6.68. The molecule has 2 aliphatic rings. The summed E-state index contributed by atoms with van der Waals surface area (Å²) in [6.45, 7) is 1.77. The Hall–Kier alpha value is -2.00. The van der Waals surface area contributed by atoms with E-state index in [4.69, 9.17) is 0 Å². The summed E-state index contributed by atoms with van der Waals surface area (Å²) >= 11 is 0. The highest BCUT2D eigenvalue weighted by molar-refractivity contribution is 6.44. The smallest absolute Gasteiger partial charge is 0.364 e. The molecule has 3 atom stereocenters. The zero-order chi connectivity index (χ0) is 15.7. The van der Waals surface area contributed by atoms with Crippen molar-refractivity contribution in [3.8, 4) is 0 Å². The Morgan fingerprint density at radius 1 is 1.33 bits per heavy atom. The third-order valence-corrected chi connectivity index (χ3v) is 3.80. The number of nitrogens with zero attached hydrogens (tertiary/aromatic N) is 2. The minimum Gasteiger partial charge on any atom is -0.465 e. The number of likely N-dealkylation sites (tertiary alicyclic amines) is 1. The number of urea groups is 1. The Morgan fingerprint density at radius 2 is 1.95 bits per heavy atom. The fraction of sp³-hybridized carbons (Fsp3) is 0.667. The molecule has 0 spiro atoms. The molecule has 2 N–H and O–H groups in total. The normalized spacial score (nSPS) is 29.5. The molecule has 0 bridgehead atoms. The number of carbonyl (C=O) groups excluding carboxylic acids is 4. The lowest BCUT2D eigenvalue weighted by Crippen LogP contribution is -3.16. The van der Waals surface area contributed by atoms with Crippen LogP contribution >= 0.6 is 0 Å². The molecule has 0 aromatic heterocycles. The van der Waals surface area contributed by atoms with Crippen LogP contribution in [0.3, 0.4) is 0 Å². The van der Waals surface area contributed by atoms with Gasteiger partial charge in [-0.3, -0.25) is 14.5 Å². The van der Waals surface area contributed by atoms with E-state index in [9.17, 15) is 24.3 Å². The number of aliphatic hydroxyl groups excluding tert-OH is 1. The average Bonchev–Trinajstić information content (AvgIpc) is 2.92. The fourth-order valence-electron chi connectivity index (χ4n) is 2.72. The largest absolute Gasteiger partial charge is 0.465 e. The van der Waals surface area contributed by atoms with Gasteiger partial charge in [0.15, 0.2) is 12.7 Å². The highest BCUT2D eigenvalue weighted by Gasteiger charge is 2.49. The third kappa shape index (κ3) is 2.61. The molecule has 9 heteroatoms. The van der Waals surface area contributed by atoms with Crippen molar-refractivity contribution in [3.63, 3.8) is 0 Å². The molecule has 0 aromatic carbocycles. The second-order valence-corrected chi connectivity index (χ2v) is 5.05. The van der Waals surface area contributed by atoms with Gasteiger partial charge in [0.1, 0.15) is 12.6 Å². The van der Waals surface area contributed by atoms with E-state index in [2.05, 4.69) is 4.74 Å². The van der Waals surface area contributed by atoms with Gasteiger partial charge in [-0.2, -0.15) is 0 Å². The monoisotopic (exact) mass is 300 g/mol. The number of esters is 1. The van der Waals surface area contributed by atoms with Crippen LogP contribution in [-0.4, -0.2) is 77.7 Å². The minimum absolute atomic E-state index is 0.109. The van der Waals surface area contributed by atoms with Crippen molar-refractivity contribution in [2.45, 2.75) is 25.5 Å². The van der Waals surface area contributed by atoms with Crippen LogP contribution in [0.1, 0.15) is 13.3 Å². The second kappa shape index (κ2) is 5.78. The van der Waals surface area contributed by atoms with Crippen molar-refractivity contribution in [2.75, 3.05) is 26.9 Å². The van der Waals surface area contributed by atoms with E-state index < -0.39 is 36.0 Å². The highest BCUT2D eigenvalue weighted by Crippen LogP contribution is 2.11. The van der Waals surface area contributed by atoms with E-state index >= 15 is 0 Å². The minimum atomic E-state index is -0.903. The van der Waals surface area contributed by atoms with Gasteiger partial charge < -0.3 is 14.7 Å². The Kier molecular flexibility index (Phi) is 4.24. The van der Waals surface area contributed by atoms with Gasteiger partial charge in [-0.25, -0.2) is 14.5 Å². The summed E-state index contributed by atoms with van der Waals surface area (Å²) in [4.78, 5) is 49.3. The number of aliphatic hydroxyl groups is 1. The lowest BCUT2D eigenvalue weighted by Gasteiger charge is -2.23. The number of hydrogen-bond acceptors (Lipinski definition) is 6. The van der Waals surface area contributed by atoms with E-state index in [0.717, 1.165) is 9.80 Å². The number of quaternary nitrogens is 1. The molecule has 9 nitrogen and oxygen atoms in total. The molecule has 2 heterocycles. The summed E-state index contributed by atoms with van der Waals surface area (Å²) in [7, 11) is 1.24. The zero-order valence-corrected chi connectivity index (χ0v) is 11.9. The molecule has 2 fully saturated rings. The number of nitrogens with one attached hydrogen (secondary N) is 1. The molecule has 2 saturated heterocycles. The van der Waals surface area contributed by atoms with Gasteiger partial charge in [0.05, 0.1) is 7.11 Å². The molecule has 21 heavy (non-hydrogen) atoms. The van der Waals surface area contributed by atoms with Crippen molar-refractivity contribution < 1.29 is 33.9 Å². The molecule has 0 aromatic rings. The summed E-state index contributed by atoms with van der Waals surface area (Å²) < 4.78 is 4.66. The highest BCUT2D eigenvalue weighted by atomic mass is 16.5. The third-order valence-electron chi connectivity index (χ3n) is 3.80. The van der Waals surface area contributed by atoms with Gasteiger partial charge in [-0.15, -0.1) is 0 Å². The number of hydrogen-bond donors (Lipinski definition) is 2. The Morgan fingerprint density at radius 3 is 2.48 bits per heavy atom. The van der Waals surface area contributed by atoms with Crippen LogP contribution in [0.25, 0.3) is 0 Å². The van der Waals surface area contributed by atoms with Gasteiger partial charge in [-0.05, 0) is 6.92 Å². The molecular formula is C12H18N3O6+. The number of likely N-dealkylation sites (N-methyl/N-ethyl adjacent to an activating group) is 1. The van der Waals surface area contributed by atoms with Crippen molar-refractivity contribution in [2.24, 2.45) is 0 Å². The number of methoxy groups -OCH3 is 1. The Labute approximate surface area is 121 Å². The topological polar surface area (TPSA) is 109 Å². The van der Waals surface area contributed by atoms with E-state index in [1.165, 1.54) is 7.11 Å². The van der Waals surface area contributed by atoms with Gasteiger partial charge in [0.25, 0.3) is 0 Å². The molecule has 116 valence electrons. The van der Waals surface area contributed by atoms with E-state index in [-0.39, 0.29) is 26.2 Å². The lowest BCUT2D eigenvalue weighted by molar-refractivity contribution is -0.912. The second-order valence-electron chi connectivity index (χ2n) is 5.05. The van der Waals surface area contributed by atoms with Crippen molar-refractivity contribution in [1.82, 2.24) is 9.80 Å². The van der Waals surface area contributed by atoms with Crippen molar-refractivity contribution >= 4 is 23.8 Å². The van der Waals surface area contributed by atoms with E-state index in [1.807, 2.05) is 0 Å². The molecule has 0 saturated carbocycles. The molecule has 1 unspecified atom stereocenters. The lowest BCUT2D eigenvalue weighted by atomic mass is 10.2. The first-order chi connectivity index (χ1) is 9.90. The maximum absolute atomic E-state index is 12.0. The van der Waals surface area contributed by atoms with Crippen LogP contribution in [0, 0.1) is 0 Å². The maximum atomic E-state index is 12.0. The van der Waals surface area contributed by atoms with Gasteiger partial charge >= 0.3 is 23.8 Å². The number of imide groups is 2. The summed E-state index contributed by atoms with van der Waals surface area (Å²) in [5, 5.41) is 9.68. The molecule has 2 aliphatic heterocycles. The molecular weight excluding hydrogens is 282 g/mol. The number of ether oxygens (including phenoxy) is 1. The summed E-state index contributed by atoms with van der Waals surface area (Å²) in [6, 6.07) is -1.35. The van der Waals surface area contributed by atoms with Crippen LogP contribution in [-0.2, 0) is 19.1 Å². The summed E-state index contributed by atoms with van der Waals surface area (Å²) in [6.07, 6.45) is -0.515. The fourth-order valence-corrected chi connectivity index (χ4v) is 2.72.